The SMILES string of the molecule is Oc1ccc2c(c1)[C@H](c1ccc(OCCN3CCCC3)cc1)[C@H](c1ccc(C(F)(F)F)cc1)CO2. The van der Waals surface area contributed by atoms with Gasteiger partial charge in [-0.25, -0.2) is 0 Å². The fraction of sp³-hybridized carbons (Fsp3) is 0.357. The molecule has 0 amide bonds. The lowest BCUT2D eigenvalue weighted by Gasteiger charge is -2.34. The number of ether oxygens (including phenoxy) is 2. The van der Waals surface area contributed by atoms with Gasteiger partial charge in [0.2, 0.25) is 0 Å². The number of alkyl halides is 3. The third-order valence-corrected chi connectivity index (χ3v) is 6.93. The predicted octanol–water partition coefficient (Wildman–Crippen LogP) is 6.19. The van der Waals surface area contributed by atoms with Crippen LogP contribution in [0.5, 0.6) is 17.2 Å². The third-order valence-electron chi connectivity index (χ3n) is 6.93. The van der Waals surface area contributed by atoms with Gasteiger partial charge in [0, 0.05) is 23.9 Å². The molecule has 1 fully saturated rings. The molecule has 184 valence electrons. The van der Waals surface area contributed by atoms with Crippen molar-refractivity contribution in [1.29, 1.82) is 0 Å². The zero-order valence-corrected chi connectivity index (χ0v) is 19.3. The van der Waals surface area contributed by atoms with Gasteiger partial charge in [-0.3, -0.25) is 4.90 Å². The average molecular weight is 484 g/mol. The number of hydrogen-bond donors (Lipinski definition) is 1. The minimum absolute atomic E-state index is 0.118. The number of hydrogen-bond acceptors (Lipinski definition) is 4. The maximum absolute atomic E-state index is 13.1. The predicted molar refractivity (Wildman–Crippen MR) is 127 cm³/mol. The Bertz CT molecular complexity index is 1140. The molecule has 1 N–H and O–H groups in total. The van der Waals surface area contributed by atoms with E-state index >= 15 is 0 Å². The lowest BCUT2D eigenvalue weighted by molar-refractivity contribution is -0.137. The zero-order chi connectivity index (χ0) is 24.4. The van der Waals surface area contributed by atoms with Crippen molar-refractivity contribution in [2.24, 2.45) is 0 Å². The first-order valence-electron chi connectivity index (χ1n) is 12.0. The number of likely N-dealkylation sites (tertiary alicyclic amines) is 1. The highest BCUT2D eigenvalue weighted by Crippen LogP contribution is 2.47. The molecule has 2 heterocycles. The Kier molecular flexibility index (Phi) is 6.60. The van der Waals surface area contributed by atoms with E-state index in [9.17, 15) is 18.3 Å². The largest absolute Gasteiger partial charge is 0.508 e. The van der Waals surface area contributed by atoms with Crippen molar-refractivity contribution >= 4 is 0 Å². The summed E-state index contributed by atoms with van der Waals surface area (Å²) in [5, 5.41) is 10.2. The normalized spacial score (nSPS) is 20.3. The maximum atomic E-state index is 13.1. The maximum Gasteiger partial charge on any atom is 0.416 e. The number of phenolic OH excluding ortho intramolecular Hbond substituents is 1. The quantitative estimate of drug-likeness (QED) is 0.454. The van der Waals surface area contributed by atoms with Crippen LogP contribution in [0.3, 0.4) is 0 Å². The molecule has 3 aromatic carbocycles. The molecule has 0 unspecified atom stereocenters. The monoisotopic (exact) mass is 483 g/mol. The summed E-state index contributed by atoms with van der Waals surface area (Å²) in [5.74, 6) is 1.16. The van der Waals surface area contributed by atoms with Gasteiger partial charge in [0.05, 0.1) is 12.2 Å². The van der Waals surface area contributed by atoms with E-state index < -0.39 is 11.7 Å². The van der Waals surface area contributed by atoms with Crippen molar-refractivity contribution in [2.45, 2.75) is 30.9 Å². The van der Waals surface area contributed by atoms with Gasteiger partial charge in [-0.05, 0) is 79.5 Å². The van der Waals surface area contributed by atoms with Gasteiger partial charge < -0.3 is 14.6 Å². The Morgan fingerprint density at radius 2 is 1.60 bits per heavy atom. The van der Waals surface area contributed by atoms with Gasteiger partial charge in [0.25, 0.3) is 0 Å². The Labute approximate surface area is 202 Å². The van der Waals surface area contributed by atoms with Crippen molar-refractivity contribution in [1.82, 2.24) is 4.90 Å². The summed E-state index contributed by atoms with van der Waals surface area (Å²) in [5.41, 5.74) is 1.87. The molecule has 0 radical (unpaired) electrons. The van der Waals surface area contributed by atoms with E-state index in [4.69, 9.17) is 9.47 Å². The van der Waals surface area contributed by atoms with E-state index in [1.54, 1.807) is 18.2 Å². The number of phenols is 1. The fourth-order valence-corrected chi connectivity index (χ4v) is 5.09. The summed E-state index contributed by atoms with van der Waals surface area (Å²) in [7, 11) is 0. The number of halogens is 3. The smallest absolute Gasteiger partial charge is 0.416 e. The standard InChI is InChI=1S/C28H28F3NO3/c29-28(30,31)21-7-3-19(4-8-21)25-18-35-26-12-9-22(33)17-24(26)27(25)20-5-10-23(11-6-20)34-16-15-32-13-1-2-14-32/h3-12,17,25,27,33H,1-2,13-16,18H2/t25-,27-/m0/s1. The Balaban J connectivity index is 1.40. The van der Waals surface area contributed by atoms with Crippen LogP contribution >= 0.6 is 0 Å². The molecule has 0 aliphatic carbocycles. The molecular formula is C28H28F3NO3. The molecule has 0 aromatic heterocycles. The minimum Gasteiger partial charge on any atom is -0.508 e. The van der Waals surface area contributed by atoms with E-state index in [1.807, 2.05) is 24.3 Å². The van der Waals surface area contributed by atoms with Gasteiger partial charge in [0.1, 0.15) is 23.9 Å². The van der Waals surface area contributed by atoms with Crippen LogP contribution < -0.4 is 9.47 Å². The Morgan fingerprint density at radius 1 is 0.914 bits per heavy atom. The third kappa shape index (κ3) is 5.25. The average Bonchev–Trinajstić information content (AvgIpc) is 3.37. The zero-order valence-electron chi connectivity index (χ0n) is 19.3. The van der Waals surface area contributed by atoms with Crippen molar-refractivity contribution in [2.75, 3.05) is 32.8 Å². The van der Waals surface area contributed by atoms with Crippen molar-refractivity contribution in [3.8, 4) is 17.2 Å². The minimum atomic E-state index is -4.38. The lowest BCUT2D eigenvalue weighted by Crippen LogP contribution is -2.25. The Hall–Kier alpha value is -3.19. The van der Waals surface area contributed by atoms with Gasteiger partial charge in [-0.15, -0.1) is 0 Å². The molecule has 3 aromatic rings. The molecule has 4 nitrogen and oxygen atoms in total. The van der Waals surface area contributed by atoms with E-state index in [2.05, 4.69) is 4.90 Å². The van der Waals surface area contributed by atoms with Crippen molar-refractivity contribution in [3.63, 3.8) is 0 Å². The molecule has 35 heavy (non-hydrogen) atoms. The summed E-state index contributed by atoms with van der Waals surface area (Å²) in [4.78, 5) is 2.40. The molecule has 0 bridgehead atoms. The molecule has 0 saturated carbocycles. The highest BCUT2D eigenvalue weighted by Gasteiger charge is 2.35. The molecule has 7 heteroatoms. The number of rotatable bonds is 6. The topological polar surface area (TPSA) is 41.9 Å². The highest BCUT2D eigenvalue weighted by molar-refractivity contribution is 5.51. The number of benzene rings is 3. The van der Waals surface area contributed by atoms with E-state index in [1.165, 1.54) is 25.0 Å². The Morgan fingerprint density at radius 3 is 2.29 bits per heavy atom. The van der Waals surface area contributed by atoms with E-state index in [0.717, 1.165) is 54.2 Å². The first-order chi connectivity index (χ1) is 16.9. The van der Waals surface area contributed by atoms with Gasteiger partial charge in [0.15, 0.2) is 0 Å². The molecule has 2 aliphatic rings. The molecule has 1 saturated heterocycles. The summed E-state index contributed by atoms with van der Waals surface area (Å²) in [6, 6.07) is 18.1. The molecule has 2 atom stereocenters. The van der Waals surface area contributed by atoms with Crippen LogP contribution in [0.1, 0.15) is 46.9 Å². The summed E-state index contributed by atoms with van der Waals surface area (Å²) >= 11 is 0. The lowest BCUT2D eigenvalue weighted by atomic mass is 9.75. The van der Waals surface area contributed by atoms with Crippen LogP contribution in [-0.4, -0.2) is 42.9 Å². The van der Waals surface area contributed by atoms with Crippen LogP contribution in [0.25, 0.3) is 0 Å². The summed E-state index contributed by atoms with van der Waals surface area (Å²) in [6.45, 7) is 4.11. The van der Waals surface area contributed by atoms with Gasteiger partial charge >= 0.3 is 6.18 Å². The van der Waals surface area contributed by atoms with Crippen LogP contribution in [0, 0.1) is 0 Å². The number of nitrogens with zero attached hydrogens (tertiary/aromatic N) is 1. The molecule has 2 aliphatic heterocycles. The van der Waals surface area contributed by atoms with Crippen molar-refractivity contribution < 1.29 is 27.8 Å². The molecular weight excluding hydrogens is 455 g/mol. The molecule has 0 spiro atoms. The molecule has 5 rings (SSSR count). The van der Waals surface area contributed by atoms with E-state index in [0.29, 0.717) is 19.0 Å². The van der Waals surface area contributed by atoms with Crippen LogP contribution in [0.15, 0.2) is 66.7 Å². The second-order valence-electron chi connectivity index (χ2n) is 9.20. The van der Waals surface area contributed by atoms with Crippen molar-refractivity contribution in [3.05, 3.63) is 89.0 Å². The van der Waals surface area contributed by atoms with Gasteiger partial charge in [-0.1, -0.05) is 24.3 Å². The fourth-order valence-electron chi connectivity index (χ4n) is 5.09. The van der Waals surface area contributed by atoms with Crippen LogP contribution in [0.2, 0.25) is 0 Å². The van der Waals surface area contributed by atoms with Gasteiger partial charge in [-0.2, -0.15) is 13.2 Å². The van der Waals surface area contributed by atoms with Crippen LogP contribution in [0.4, 0.5) is 13.2 Å². The highest BCUT2D eigenvalue weighted by atomic mass is 19.4. The first kappa shape index (κ1) is 23.5. The number of aromatic hydroxyl groups is 1. The van der Waals surface area contributed by atoms with Crippen LogP contribution in [-0.2, 0) is 6.18 Å². The second kappa shape index (κ2) is 9.82. The first-order valence-corrected chi connectivity index (χ1v) is 12.0. The number of fused-ring (bicyclic) bond motifs is 1. The summed E-state index contributed by atoms with van der Waals surface area (Å²) < 4.78 is 51.2. The van der Waals surface area contributed by atoms with E-state index in [-0.39, 0.29) is 17.6 Å². The second-order valence-corrected chi connectivity index (χ2v) is 9.20. The summed E-state index contributed by atoms with van der Waals surface area (Å²) in [6.07, 6.45) is -1.89.